The monoisotopic (exact) mass is 293 g/mol. The Bertz CT molecular complexity index is 511. The van der Waals surface area contributed by atoms with E-state index in [2.05, 4.69) is 10.6 Å². The number of benzene rings is 1. The van der Waals surface area contributed by atoms with Gasteiger partial charge in [0, 0.05) is 24.5 Å². The molecule has 0 radical (unpaired) electrons. The zero-order valence-electron chi connectivity index (χ0n) is 11.0. The summed E-state index contributed by atoms with van der Waals surface area (Å²) in [4.78, 5) is 22.5. The zero-order valence-corrected chi connectivity index (χ0v) is 11.7. The number of nitrogens with zero attached hydrogens (tertiary/aromatic N) is 1. The van der Waals surface area contributed by atoms with Crippen molar-refractivity contribution in [1.82, 2.24) is 10.6 Å². The first kappa shape index (κ1) is 16.0. The number of nitriles is 1. The highest BCUT2D eigenvalue weighted by Crippen LogP contribution is 2.11. The summed E-state index contributed by atoms with van der Waals surface area (Å²) in [5.41, 5.74) is 1.01. The molecule has 1 aromatic rings. The molecule has 1 rings (SSSR count). The van der Waals surface area contributed by atoms with Gasteiger partial charge in [0.2, 0.25) is 11.8 Å². The summed E-state index contributed by atoms with van der Waals surface area (Å²) in [5, 5.41) is 14.2. The molecule has 6 heteroatoms. The third-order valence-electron chi connectivity index (χ3n) is 2.54. The maximum Gasteiger partial charge on any atom is 0.234 e. The van der Waals surface area contributed by atoms with Gasteiger partial charge in [0.1, 0.15) is 6.42 Å². The molecule has 106 valence electrons. The van der Waals surface area contributed by atoms with Gasteiger partial charge in [0.25, 0.3) is 0 Å². The fourth-order valence-corrected chi connectivity index (χ4v) is 1.79. The molecule has 0 spiro atoms. The molecule has 0 unspecified atom stereocenters. The average Bonchev–Trinajstić information content (AvgIpc) is 2.42. The Morgan fingerprint density at radius 2 is 1.90 bits per heavy atom. The van der Waals surface area contributed by atoms with E-state index >= 15 is 0 Å². The van der Waals surface area contributed by atoms with E-state index in [9.17, 15) is 9.59 Å². The van der Waals surface area contributed by atoms with Crippen molar-refractivity contribution < 1.29 is 9.59 Å². The molecular formula is C14H16ClN3O2. The van der Waals surface area contributed by atoms with E-state index in [1.807, 2.05) is 18.2 Å². The lowest BCUT2D eigenvalue weighted by Crippen LogP contribution is -2.34. The molecule has 0 saturated carbocycles. The van der Waals surface area contributed by atoms with Crippen molar-refractivity contribution in [3.8, 4) is 6.07 Å². The number of carbonyl (C=O) groups excluding carboxylic acids is 2. The normalized spacial score (nSPS) is 9.60. The minimum absolute atomic E-state index is 0.0838. The molecule has 0 atom stereocenters. The number of nitrogens with one attached hydrogen (secondary N) is 2. The van der Waals surface area contributed by atoms with Crippen molar-refractivity contribution >= 4 is 23.4 Å². The van der Waals surface area contributed by atoms with Crippen LogP contribution >= 0.6 is 11.6 Å². The molecule has 0 aliphatic rings. The summed E-state index contributed by atoms with van der Waals surface area (Å²) in [7, 11) is 0. The molecule has 0 fully saturated rings. The number of aryl methyl sites for hydroxylation is 1. The molecule has 1 aromatic carbocycles. The number of hydrogen-bond donors (Lipinski definition) is 2. The van der Waals surface area contributed by atoms with Crippen LogP contribution in [0, 0.1) is 11.3 Å². The van der Waals surface area contributed by atoms with Gasteiger partial charge in [0.05, 0.1) is 6.07 Å². The zero-order chi connectivity index (χ0) is 14.8. The van der Waals surface area contributed by atoms with Gasteiger partial charge in [-0.25, -0.2) is 0 Å². The topological polar surface area (TPSA) is 82.0 Å². The first-order valence-corrected chi connectivity index (χ1v) is 6.64. The third-order valence-corrected chi connectivity index (χ3v) is 2.77. The van der Waals surface area contributed by atoms with Crippen molar-refractivity contribution in [2.45, 2.75) is 19.3 Å². The van der Waals surface area contributed by atoms with Crippen LogP contribution in [0.5, 0.6) is 0 Å². The predicted molar refractivity (Wildman–Crippen MR) is 76.0 cm³/mol. The number of hydrogen-bond acceptors (Lipinski definition) is 3. The van der Waals surface area contributed by atoms with E-state index < -0.39 is 0 Å². The third kappa shape index (κ3) is 6.76. The van der Waals surface area contributed by atoms with E-state index in [0.29, 0.717) is 31.0 Å². The van der Waals surface area contributed by atoms with E-state index in [4.69, 9.17) is 16.9 Å². The second-order valence-electron chi connectivity index (χ2n) is 4.16. The van der Waals surface area contributed by atoms with Crippen LogP contribution in [0.1, 0.15) is 18.4 Å². The maximum absolute atomic E-state index is 11.6. The Morgan fingerprint density at radius 3 is 2.55 bits per heavy atom. The molecule has 0 aliphatic heterocycles. The summed E-state index contributed by atoms with van der Waals surface area (Å²) in [6, 6.07) is 9.13. The number of amides is 2. The van der Waals surface area contributed by atoms with E-state index in [0.717, 1.165) is 5.56 Å². The first-order valence-electron chi connectivity index (χ1n) is 6.26. The Morgan fingerprint density at radius 1 is 1.20 bits per heavy atom. The molecule has 5 nitrogen and oxygen atoms in total. The van der Waals surface area contributed by atoms with Crippen molar-refractivity contribution in [3.05, 3.63) is 34.9 Å². The lowest BCUT2D eigenvalue weighted by Gasteiger charge is -2.06. The average molecular weight is 294 g/mol. The summed E-state index contributed by atoms with van der Waals surface area (Å²) in [6.45, 7) is 0.676. The van der Waals surface area contributed by atoms with Gasteiger partial charge in [-0.1, -0.05) is 23.7 Å². The summed E-state index contributed by atoms with van der Waals surface area (Å²) in [6.07, 6.45) is 0.822. The minimum Gasteiger partial charge on any atom is -0.354 e. The summed E-state index contributed by atoms with van der Waals surface area (Å²) in [5.74, 6) is -0.416. The van der Waals surface area contributed by atoms with Crippen molar-refractivity contribution in [2.75, 3.05) is 13.1 Å². The van der Waals surface area contributed by atoms with Gasteiger partial charge < -0.3 is 10.6 Å². The highest BCUT2D eigenvalue weighted by Gasteiger charge is 2.03. The van der Waals surface area contributed by atoms with Crippen LogP contribution in [0.4, 0.5) is 0 Å². The summed E-state index contributed by atoms with van der Waals surface area (Å²) >= 11 is 5.85. The van der Waals surface area contributed by atoms with Crippen LogP contribution in [0.2, 0.25) is 5.02 Å². The van der Waals surface area contributed by atoms with Gasteiger partial charge in [0.15, 0.2) is 0 Å². The largest absolute Gasteiger partial charge is 0.354 e. The van der Waals surface area contributed by atoms with E-state index in [-0.39, 0.29) is 18.2 Å². The number of carbonyl (C=O) groups is 2. The molecule has 0 heterocycles. The van der Waals surface area contributed by atoms with Crippen LogP contribution in [0.25, 0.3) is 0 Å². The minimum atomic E-state index is -0.333. The van der Waals surface area contributed by atoms with Crippen molar-refractivity contribution in [2.24, 2.45) is 0 Å². The maximum atomic E-state index is 11.6. The smallest absolute Gasteiger partial charge is 0.234 e. The number of rotatable bonds is 7. The molecule has 2 amide bonds. The molecule has 0 aliphatic carbocycles. The van der Waals surface area contributed by atoms with Gasteiger partial charge in [-0.05, 0) is 24.1 Å². The van der Waals surface area contributed by atoms with Gasteiger partial charge in [-0.2, -0.15) is 5.26 Å². The first-order chi connectivity index (χ1) is 9.61. The quantitative estimate of drug-likeness (QED) is 0.746. The summed E-state index contributed by atoms with van der Waals surface area (Å²) < 4.78 is 0. The Balaban J connectivity index is 2.15. The number of halogens is 1. The SMILES string of the molecule is N#CCC(=O)NCCNC(=O)CCc1cccc(Cl)c1. The second kappa shape index (κ2) is 8.94. The highest BCUT2D eigenvalue weighted by molar-refractivity contribution is 6.30. The predicted octanol–water partition coefficient (Wildman–Crippen LogP) is 1.42. The molecule has 0 saturated heterocycles. The van der Waals surface area contributed by atoms with Crippen LogP contribution in [-0.2, 0) is 16.0 Å². The van der Waals surface area contributed by atoms with E-state index in [1.165, 1.54) is 0 Å². The van der Waals surface area contributed by atoms with E-state index in [1.54, 1.807) is 12.1 Å². The van der Waals surface area contributed by atoms with Crippen LogP contribution in [0.15, 0.2) is 24.3 Å². The standard InChI is InChI=1S/C14H16ClN3O2/c15-12-3-1-2-11(10-12)4-5-13(19)17-8-9-18-14(20)6-7-16/h1-3,10H,4-6,8-9H2,(H,17,19)(H,18,20). The van der Waals surface area contributed by atoms with Gasteiger partial charge in [-0.3, -0.25) is 9.59 Å². The molecular weight excluding hydrogens is 278 g/mol. The van der Waals surface area contributed by atoms with Crippen molar-refractivity contribution in [3.63, 3.8) is 0 Å². The fourth-order valence-electron chi connectivity index (χ4n) is 1.58. The Kier molecular flexibility index (Phi) is 7.15. The Hall–Kier alpha value is -2.06. The van der Waals surface area contributed by atoms with Crippen molar-refractivity contribution in [1.29, 1.82) is 5.26 Å². The molecule has 0 aromatic heterocycles. The molecule has 0 bridgehead atoms. The lowest BCUT2D eigenvalue weighted by molar-refractivity contribution is -0.122. The van der Waals surface area contributed by atoms with Gasteiger partial charge >= 0.3 is 0 Å². The highest BCUT2D eigenvalue weighted by atomic mass is 35.5. The van der Waals surface area contributed by atoms with Crippen LogP contribution < -0.4 is 10.6 Å². The van der Waals surface area contributed by atoms with Gasteiger partial charge in [-0.15, -0.1) is 0 Å². The Labute approximate surface area is 122 Å². The van der Waals surface area contributed by atoms with Crippen LogP contribution in [-0.4, -0.2) is 24.9 Å². The molecule has 2 N–H and O–H groups in total. The van der Waals surface area contributed by atoms with Crippen LogP contribution in [0.3, 0.4) is 0 Å². The lowest BCUT2D eigenvalue weighted by atomic mass is 10.1. The molecule has 20 heavy (non-hydrogen) atoms. The fraction of sp³-hybridized carbons (Fsp3) is 0.357. The second-order valence-corrected chi connectivity index (χ2v) is 4.60.